The zero-order chi connectivity index (χ0) is 20.3. The molecule has 0 fully saturated rings. The number of nitrogens with zero attached hydrogens (tertiary/aromatic N) is 1. The molecule has 0 aliphatic carbocycles. The van der Waals surface area contributed by atoms with Gasteiger partial charge in [0.15, 0.2) is 11.5 Å². The molecule has 0 saturated carbocycles. The Balaban J connectivity index is 2.09. The van der Waals surface area contributed by atoms with E-state index in [2.05, 4.69) is 20.9 Å². The number of Topliss-reactive ketones (excluding diaryl/α,β-unsaturated/α-hetero) is 1. The number of carbonyl (C=O) groups excluding carboxylic acids is 2. The molecule has 3 rings (SSSR count). The van der Waals surface area contributed by atoms with E-state index in [9.17, 15) is 14.7 Å². The number of hydrogen-bond donors (Lipinski definition) is 1. The highest BCUT2D eigenvalue weighted by Gasteiger charge is 2.21. The van der Waals surface area contributed by atoms with Crippen LogP contribution >= 0.6 is 27.5 Å². The summed E-state index contributed by atoms with van der Waals surface area (Å²) in [5, 5.41) is 11.7. The van der Waals surface area contributed by atoms with Crippen LogP contribution in [0.4, 0.5) is 0 Å². The molecule has 2 aromatic carbocycles. The van der Waals surface area contributed by atoms with Gasteiger partial charge in [-0.05, 0) is 28.9 Å². The van der Waals surface area contributed by atoms with Gasteiger partial charge >= 0.3 is 5.97 Å². The van der Waals surface area contributed by atoms with Crippen LogP contribution in [0.5, 0.6) is 5.75 Å². The van der Waals surface area contributed by atoms with E-state index in [1.54, 1.807) is 19.1 Å². The van der Waals surface area contributed by atoms with Crippen LogP contribution in [0.25, 0.3) is 22.0 Å². The molecule has 0 spiro atoms. The van der Waals surface area contributed by atoms with Crippen LogP contribution in [0.2, 0.25) is 5.02 Å². The van der Waals surface area contributed by atoms with Crippen molar-refractivity contribution in [3.05, 3.63) is 57.7 Å². The lowest BCUT2D eigenvalue weighted by molar-refractivity contribution is -0.143. The minimum atomic E-state index is -0.466. The average Bonchev–Trinajstić information content (AvgIpc) is 2.69. The fourth-order valence-electron chi connectivity index (χ4n) is 2.90. The number of rotatable bonds is 6. The topological polar surface area (TPSA) is 76.5 Å². The maximum atomic E-state index is 12.6. The summed E-state index contributed by atoms with van der Waals surface area (Å²) >= 11 is 9.70. The SMILES string of the molecule is CCOC(=O)CCC(=O)c1nc2c(-c3ccccc3Cl)cccc2c(Br)c1O. The number of halogens is 2. The van der Waals surface area contributed by atoms with Gasteiger partial charge in [-0.1, -0.05) is 48.0 Å². The van der Waals surface area contributed by atoms with Gasteiger partial charge in [0.2, 0.25) is 0 Å². The third-order valence-corrected chi connectivity index (χ3v) is 5.35. The van der Waals surface area contributed by atoms with Gasteiger partial charge < -0.3 is 9.84 Å². The summed E-state index contributed by atoms with van der Waals surface area (Å²) < 4.78 is 5.21. The molecule has 0 atom stereocenters. The lowest BCUT2D eigenvalue weighted by atomic mass is 10.0. The summed E-state index contributed by atoms with van der Waals surface area (Å²) in [6.45, 7) is 1.95. The Morgan fingerprint density at radius 3 is 2.54 bits per heavy atom. The van der Waals surface area contributed by atoms with Crippen molar-refractivity contribution >= 4 is 50.2 Å². The van der Waals surface area contributed by atoms with Crippen molar-refractivity contribution in [1.29, 1.82) is 0 Å². The normalized spacial score (nSPS) is 10.8. The van der Waals surface area contributed by atoms with E-state index in [4.69, 9.17) is 16.3 Å². The number of ketones is 1. The van der Waals surface area contributed by atoms with Gasteiger partial charge in [-0.25, -0.2) is 4.98 Å². The predicted octanol–water partition coefficient (Wildman–Crippen LogP) is 5.55. The van der Waals surface area contributed by atoms with Crippen molar-refractivity contribution in [2.24, 2.45) is 0 Å². The van der Waals surface area contributed by atoms with Gasteiger partial charge in [0.1, 0.15) is 5.69 Å². The molecule has 0 radical (unpaired) electrons. The molecule has 3 aromatic rings. The third-order valence-electron chi connectivity index (χ3n) is 4.22. The highest BCUT2D eigenvalue weighted by Crippen LogP contribution is 2.39. The van der Waals surface area contributed by atoms with Crippen molar-refractivity contribution in [2.75, 3.05) is 6.61 Å². The van der Waals surface area contributed by atoms with Crippen LogP contribution in [-0.2, 0) is 9.53 Å². The first-order valence-corrected chi connectivity index (χ1v) is 9.86. The Labute approximate surface area is 175 Å². The second kappa shape index (κ2) is 8.71. The van der Waals surface area contributed by atoms with Gasteiger partial charge in [0.05, 0.1) is 23.0 Å². The number of esters is 1. The minimum Gasteiger partial charge on any atom is -0.504 e. The first-order valence-electron chi connectivity index (χ1n) is 8.69. The van der Waals surface area contributed by atoms with Crippen LogP contribution in [-0.4, -0.2) is 28.4 Å². The summed E-state index contributed by atoms with van der Waals surface area (Å²) in [5.74, 6) is -1.16. The number of benzene rings is 2. The van der Waals surface area contributed by atoms with Gasteiger partial charge in [-0.15, -0.1) is 0 Å². The minimum absolute atomic E-state index is 0.0738. The molecule has 1 aromatic heterocycles. The predicted molar refractivity (Wildman–Crippen MR) is 112 cm³/mol. The molecule has 0 aliphatic heterocycles. The van der Waals surface area contributed by atoms with E-state index in [1.807, 2.05) is 30.3 Å². The molecule has 28 heavy (non-hydrogen) atoms. The van der Waals surface area contributed by atoms with Gasteiger partial charge in [0, 0.05) is 28.0 Å². The summed E-state index contributed by atoms with van der Waals surface area (Å²) in [4.78, 5) is 28.6. The van der Waals surface area contributed by atoms with Crippen LogP contribution in [0, 0.1) is 0 Å². The van der Waals surface area contributed by atoms with Crippen molar-refractivity contribution in [3.8, 4) is 16.9 Å². The first kappa shape index (κ1) is 20.3. The quantitative estimate of drug-likeness (QED) is 0.384. The number of para-hydroxylation sites is 1. The van der Waals surface area contributed by atoms with Crippen molar-refractivity contribution in [3.63, 3.8) is 0 Å². The Hall–Kier alpha value is -2.44. The number of ether oxygens (including phenoxy) is 1. The monoisotopic (exact) mass is 461 g/mol. The van der Waals surface area contributed by atoms with E-state index in [0.717, 1.165) is 11.1 Å². The molecular formula is C21H17BrClNO4. The summed E-state index contributed by atoms with van der Waals surface area (Å²) in [6.07, 6.45) is -0.179. The second-order valence-electron chi connectivity index (χ2n) is 6.03. The molecule has 0 unspecified atom stereocenters. The maximum absolute atomic E-state index is 12.6. The molecule has 0 amide bonds. The van der Waals surface area contributed by atoms with Crippen LogP contribution in [0.3, 0.4) is 0 Å². The zero-order valence-electron chi connectivity index (χ0n) is 15.0. The highest BCUT2D eigenvalue weighted by molar-refractivity contribution is 9.10. The number of fused-ring (bicyclic) bond motifs is 1. The highest BCUT2D eigenvalue weighted by atomic mass is 79.9. The van der Waals surface area contributed by atoms with Crippen molar-refractivity contribution < 1.29 is 19.4 Å². The van der Waals surface area contributed by atoms with E-state index in [-0.39, 0.29) is 30.9 Å². The Bertz CT molecular complexity index is 1070. The molecule has 1 heterocycles. The molecule has 144 valence electrons. The summed E-state index contributed by atoms with van der Waals surface area (Å²) in [5.41, 5.74) is 1.94. The standard InChI is InChI=1S/C21H17BrClNO4/c1-2-28-17(26)11-10-16(25)20-21(27)18(22)14-8-5-7-13(19(14)24-20)12-6-3-4-9-15(12)23/h3-9,27H,2,10-11H2,1H3. The van der Waals surface area contributed by atoms with Crippen molar-refractivity contribution in [1.82, 2.24) is 4.98 Å². The summed E-state index contributed by atoms with van der Waals surface area (Å²) in [6, 6.07) is 12.8. The second-order valence-corrected chi connectivity index (χ2v) is 7.23. The number of pyridine rings is 1. The number of hydrogen-bond acceptors (Lipinski definition) is 5. The third kappa shape index (κ3) is 4.03. The molecular weight excluding hydrogens is 446 g/mol. The molecule has 0 saturated heterocycles. The lowest BCUT2D eigenvalue weighted by Crippen LogP contribution is -2.09. The lowest BCUT2D eigenvalue weighted by Gasteiger charge is -2.12. The molecule has 0 bridgehead atoms. The zero-order valence-corrected chi connectivity index (χ0v) is 17.4. The van der Waals surface area contributed by atoms with Gasteiger partial charge in [0.25, 0.3) is 0 Å². The van der Waals surface area contributed by atoms with E-state index >= 15 is 0 Å². The molecule has 0 aliphatic rings. The summed E-state index contributed by atoms with van der Waals surface area (Å²) in [7, 11) is 0. The smallest absolute Gasteiger partial charge is 0.306 e. The number of carbonyl (C=O) groups is 2. The Morgan fingerprint density at radius 1 is 1.11 bits per heavy atom. The van der Waals surface area contributed by atoms with Crippen molar-refractivity contribution in [2.45, 2.75) is 19.8 Å². The molecule has 1 N–H and O–H groups in total. The van der Waals surface area contributed by atoms with Gasteiger partial charge in [-0.3, -0.25) is 9.59 Å². The van der Waals surface area contributed by atoms with Crippen LogP contribution in [0.15, 0.2) is 46.9 Å². The first-order chi connectivity index (χ1) is 13.4. The van der Waals surface area contributed by atoms with E-state index in [0.29, 0.717) is 20.4 Å². The fraction of sp³-hybridized carbons (Fsp3) is 0.190. The Kier molecular flexibility index (Phi) is 6.31. The van der Waals surface area contributed by atoms with Gasteiger partial charge in [-0.2, -0.15) is 0 Å². The molecule has 7 heteroatoms. The Morgan fingerprint density at radius 2 is 1.82 bits per heavy atom. The number of aromatic hydroxyl groups is 1. The van der Waals surface area contributed by atoms with E-state index < -0.39 is 11.8 Å². The largest absolute Gasteiger partial charge is 0.504 e. The maximum Gasteiger partial charge on any atom is 0.306 e. The number of aromatic nitrogens is 1. The van der Waals surface area contributed by atoms with Crippen LogP contribution < -0.4 is 0 Å². The molecule has 5 nitrogen and oxygen atoms in total. The van der Waals surface area contributed by atoms with E-state index in [1.165, 1.54) is 0 Å². The average molecular weight is 463 g/mol. The fourth-order valence-corrected chi connectivity index (χ4v) is 3.64. The van der Waals surface area contributed by atoms with Crippen LogP contribution in [0.1, 0.15) is 30.3 Å².